The molecule has 2 saturated heterocycles. The molecule has 2 amide bonds. The molecular weight excluding hydrogens is 234 g/mol. The molecule has 0 aromatic carbocycles. The molecule has 2 heterocycles. The molecule has 2 aliphatic heterocycles. The Morgan fingerprint density at radius 3 is 2.17 bits per heavy atom. The van der Waals surface area contributed by atoms with Crippen LogP contribution in [0.2, 0.25) is 0 Å². The van der Waals surface area contributed by atoms with Gasteiger partial charge in [0.15, 0.2) is 5.66 Å². The van der Waals surface area contributed by atoms with Crippen LogP contribution < -0.4 is 5.73 Å². The summed E-state index contributed by atoms with van der Waals surface area (Å²) in [5, 5.41) is 0. The highest BCUT2D eigenvalue weighted by Crippen LogP contribution is 2.30. The van der Waals surface area contributed by atoms with Gasteiger partial charge >= 0.3 is 6.09 Å². The maximum absolute atomic E-state index is 12.2. The van der Waals surface area contributed by atoms with E-state index in [0.717, 1.165) is 19.5 Å². The Hall–Kier alpha value is -1.30. The Morgan fingerprint density at radius 2 is 1.83 bits per heavy atom. The van der Waals surface area contributed by atoms with Crippen LogP contribution in [0.25, 0.3) is 0 Å². The number of nitrogens with two attached hydrogens (primary N) is 1. The van der Waals surface area contributed by atoms with Crippen LogP contribution >= 0.6 is 0 Å². The normalized spacial score (nSPS) is 27.3. The molecule has 18 heavy (non-hydrogen) atoms. The number of rotatable bonds is 1. The Bertz CT molecular complexity index is 373. The molecule has 0 aliphatic carbocycles. The predicted octanol–water partition coefficient (Wildman–Crippen LogP) is 0.514. The summed E-state index contributed by atoms with van der Waals surface area (Å²) in [6, 6.07) is 0. The van der Waals surface area contributed by atoms with Gasteiger partial charge in [-0.1, -0.05) is 0 Å². The van der Waals surface area contributed by atoms with Crippen LogP contribution in [-0.4, -0.2) is 52.7 Å². The Balaban J connectivity index is 2.01. The number of likely N-dealkylation sites (tertiary alicyclic amines) is 2. The molecule has 0 radical (unpaired) electrons. The van der Waals surface area contributed by atoms with Gasteiger partial charge < -0.3 is 15.4 Å². The third kappa shape index (κ3) is 2.16. The molecule has 102 valence electrons. The molecule has 6 heteroatoms. The van der Waals surface area contributed by atoms with Crippen molar-refractivity contribution in [2.24, 2.45) is 5.73 Å². The van der Waals surface area contributed by atoms with Crippen LogP contribution in [0.4, 0.5) is 4.79 Å². The molecule has 2 aliphatic rings. The van der Waals surface area contributed by atoms with E-state index in [1.807, 2.05) is 0 Å². The van der Waals surface area contributed by atoms with E-state index in [9.17, 15) is 9.59 Å². The number of carbonyl (C=O) groups is 2. The minimum absolute atomic E-state index is 0.161. The molecule has 0 aromatic rings. The summed E-state index contributed by atoms with van der Waals surface area (Å²) in [7, 11) is 0. The molecular formula is C12H21N3O3. The number of hydrogen-bond donors (Lipinski definition) is 1. The van der Waals surface area contributed by atoms with Crippen molar-refractivity contribution >= 4 is 12.0 Å². The van der Waals surface area contributed by atoms with E-state index >= 15 is 0 Å². The van der Waals surface area contributed by atoms with Crippen LogP contribution in [0.1, 0.15) is 33.6 Å². The largest absolute Gasteiger partial charge is 0.444 e. The second-order valence-electron chi connectivity index (χ2n) is 5.95. The van der Waals surface area contributed by atoms with E-state index in [4.69, 9.17) is 10.5 Å². The molecule has 6 nitrogen and oxygen atoms in total. The first-order valence-corrected chi connectivity index (χ1v) is 6.33. The van der Waals surface area contributed by atoms with Gasteiger partial charge in [0.25, 0.3) is 5.91 Å². The second-order valence-corrected chi connectivity index (χ2v) is 5.95. The van der Waals surface area contributed by atoms with Gasteiger partial charge in [0.1, 0.15) is 5.60 Å². The molecule has 0 aromatic heterocycles. The monoisotopic (exact) mass is 255 g/mol. The fourth-order valence-corrected chi connectivity index (χ4v) is 2.05. The summed E-state index contributed by atoms with van der Waals surface area (Å²) >= 11 is 0. The number of amides is 2. The third-order valence-electron chi connectivity index (χ3n) is 3.33. The maximum Gasteiger partial charge on any atom is 0.412 e. The van der Waals surface area contributed by atoms with Crippen molar-refractivity contribution in [1.82, 2.24) is 9.80 Å². The quantitative estimate of drug-likeness (QED) is 0.741. The van der Waals surface area contributed by atoms with Gasteiger partial charge in [0, 0.05) is 26.1 Å². The van der Waals surface area contributed by atoms with Gasteiger partial charge in [0.05, 0.1) is 0 Å². The standard InChI is InChI=1S/C12H21N3O3/c1-11(2,3)18-10(17)15-8-5-12(15,13)9(16)14-6-4-7-14/h4-8,13H2,1-3H3. The van der Waals surface area contributed by atoms with E-state index < -0.39 is 17.4 Å². The van der Waals surface area contributed by atoms with E-state index in [1.165, 1.54) is 4.90 Å². The van der Waals surface area contributed by atoms with Crippen molar-refractivity contribution < 1.29 is 14.3 Å². The molecule has 2 rings (SSSR count). The first kappa shape index (κ1) is 13.1. The Labute approximate surface area is 107 Å². The van der Waals surface area contributed by atoms with Gasteiger partial charge in [-0.2, -0.15) is 0 Å². The van der Waals surface area contributed by atoms with Gasteiger partial charge in [0.2, 0.25) is 0 Å². The summed E-state index contributed by atoms with van der Waals surface area (Å²) < 4.78 is 5.25. The lowest BCUT2D eigenvalue weighted by molar-refractivity contribution is -0.156. The Kier molecular flexibility index (Phi) is 3.01. The number of nitrogens with zero attached hydrogens (tertiary/aromatic N) is 2. The van der Waals surface area contributed by atoms with Crippen molar-refractivity contribution in [2.45, 2.75) is 44.9 Å². The highest BCUT2D eigenvalue weighted by Gasteiger charge is 2.54. The van der Waals surface area contributed by atoms with Gasteiger partial charge in [-0.25, -0.2) is 4.79 Å². The topological polar surface area (TPSA) is 75.9 Å². The van der Waals surface area contributed by atoms with Gasteiger partial charge in [-0.05, 0) is 27.2 Å². The van der Waals surface area contributed by atoms with Crippen LogP contribution in [0.3, 0.4) is 0 Å². The highest BCUT2D eigenvalue weighted by atomic mass is 16.6. The molecule has 0 bridgehead atoms. The first-order chi connectivity index (χ1) is 8.24. The molecule has 0 saturated carbocycles. The van der Waals surface area contributed by atoms with Crippen molar-refractivity contribution in [3.8, 4) is 0 Å². The van der Waals surface area contributed by atoms with E-state index in [1.54, 1.807) is 25.7 Å². The van der Waals surface area contributed by atoms with Crippen LogP contribution in [-0.2, 0) is 9.53 Å². The number of carbonyl (C=O) groups excluding carboxylic acids is 2. The average Bonchev–Trinajstić information content (AvgIpc) is 2.08. The molecule has 0 spiro atoms. The molecule has 2 N–H and O–H groups in total. The smallest absolute Gasteiger partial charge is 0.412 e. The minimum Gasteiger partial charge on any atom is -0.444 e. The predicted molar refractivity (Wildman–Crippen MR) is 65.7 cm³/mol. The maximum atomic E-state index is 12.2. The number of hydrogen-bond acceptors (Lipinski definition) is 4. The lowest BCUT2D eigenvalue weighted by Gasteiger charge is -2.51. The molecule has 2 fully saturated rings. The lowest BCUT2D eigenvalue weighted by Crippen LogP contribution is -2.75. The fourth-order valence-electron chi connectivity index (χ4n) is 2.05. The summed E-state index contributed by atoms with van der Waals surface area (Å²) in [5.41, 5.74) is 4.29. The van der Waals surface area contributed by atoms with Crippen molar-refractivity contribution in [3.63, 3.8) is 0 Å². The average molecular weight is 255 g/mol. The summed E-state index contributed by atoms with van der Waals surface area (Å²) in [5.74, 6) is -0.161. The van der Waals surface area contributed by atoms with E-state index in [2.05, 4.69) is 0 Å². The molecule has 1 atom stereocenters. The highest BCUT2D eigenvalue weighted by molar-refractivity contribution is 5.91. The van der Waals surface area contributed by atoms with Crippen molar-refractivity contribution in [3.05, 3.63) is 0 Å². The zero-order chi connectivity index (χ0) is 13.6. The SMILES string of the molecule is CC(C)(C)OC(=O)N1CCC1(N)C(=O)N1CCC1. The first-order valence-electron chi connectivity index (χ1n) is 6.33. The minimum atomic E-state index is -1.19. The van der Waals surface area contributed by atoms with Crippen LogP contribution in [0.5, 0.6) is 0 Å². The van der Waals surface area contributed by atoms with E-state index in [0.29, 0.717) is 13.0 Å². The van der Waals surface area contributed by atoms with Crippen molar-refractivity contribution in [1.29, 1.82) is 0 Å². The van der Waals surface area contributed by atoms with Gasteiger partial charge in [-0.3, -0.25) is 9.69 Å². The summed E-state index contributed by atoms with van der Waals surface area (Å²) in [6.45, 7) is 7.32. The zero-order valence-electron chi connectivity index (χ0n) is 11.2. The van der Waals surface area contributed by atoms with Crippen molar-refractivity contribution in [2.75, 3.05) is 19.6 Å². The summed E-state index contributed by atoms with van der Waals surface area (Å²) in [6.07, 6.45) is 1.00. The Morgan fingerprint density at radius 1 is 1.22 bits per heavy atom. The lowest BCUT2D eigenvalue weighted by atomic mass is 9.93. The van der Waals surface area contributed by atoms with Crippen LogP contribution in [0, 0.1) is 0 Å². The van der Waals surface area contributed by atoms with Crippen LogP contribution in [0.15, 0.2) is 0 Å². The summed E-state index contributed by atoms with van der Waals surface area (Å²) in [4.78, 5) is 27.1. The number of ether oxygens (including phenoxy) is 1. The molecule has 1 unspecified atom stereocenters. The van der Waals surface area contributed by atoms with Gasteiger partial charge in [-0.15, -0.1) is 0 Å². The fraction of sp³-hybridized carbons (Fsp3) is 0.833. The second kappa shape index (κ2) is 4.12. The zero-order valence-corrected chi connectivity index (χ0v) is 11.2. The third-order valence-corrected chi connectivity index (χ3v) is 3.33. The van der Waals surface area contributed by atoms with E-state index in [-0.39, 0.29) is 5.91 Å².